The number of fused-ring (bicyclic) bond motifs is 1. The van der Waals surface area contributed by atoms with Crippen molar-refractivity contribution in [3.63, 3.8) is 0 Å². The molecular formula is C28H28F2N4O3S. The number of alkyl halides is 1. The molecule has 3 aromatic rings. The van der Waals surface area contributed by atoms with Crippen molar-refractivity contribution < 1.29 is 22.0 Å². The van der Waals surface area contributed by atoms with Gasteiger partial charge in [-0.05, 0) is 49.4 Å². The van der Waals surface area contributed by atoms with Gasteiger partial charge in [-0.2, -0.15) is 0 Å². The van der Waals surface area contributed by atoms with Gasteiger partial charge in [0, 0.05) is 67.6 Å². The molecule has 1 aliphatic heterocycles. The number of hydrogen-bond donors (Lipinski definition) is 1. The number of piperazine rings is 1. The summed E-state index contributed by atoms with van der Waals surface area (Å²) in [7, 11) is -3.90. The highest BCUT2D eigenvalue weighted by atomic mass is 32.2. The second kappa shape index (κ2) is 10.3. The standard InChI is InChI=1S/C28H28F2N4O3S/c1-28(30)13-3-7-24(29)23(28)19-33-15-17-34(18-16-33)27(35)21-9-11-22(12-10-21)32-38(36,37)25-8-2-5-20-6-4-14-31-26(20)25/h2-12,14,32H,13,15-19H2,1H3. The summed E-state index contributed by atoms with van der Waals surface area (Å²) in [6.07, 6.45) is 4.52. The van der Waals surface area contributed by atoms with Crippen LogP contribution in [0.1, 0.15) is 23.7 Å². The van der Waals surface area contributed by atoms with E-state index in [9.17, 15) is 22.0 Å². The van der Waals surface area contributed by atoms with Crippen molar-refractivity contribution in [1.29, 1.82) is 0 Å². The number of pyridine rings is 1. The highest BCUT2D eigenvalue weighted by molar-refractivity contribution is 7.93. The molecule has 10 heteroatoms. The van der Waals surface area contributed by atoms with Crippen LogP contribution in [-0.2, 0) is 10.0 Å². The fourth-order valence-electron chi connectivity index (χ4n) is 4.80. The lowest BCUT2D eigenvalue weighted by Crippen LogP contribution is -2.50. The molecule has 1 unspecified atom stereocenters. The molecule has 1 saturated heterocycles. The molecule has 1 aromatic heterocycles. The van der Waals surface area contributed by atoms with Crippen molar-refractivity contribution >= 4 is 32.5 Å². The summed E-state index contributed by atoms with van der Waals surface area (Å²) in [5.74, 6) is -0.703. The molecule has 0 radical (unpaired) electrons. The van der Waals surface area contributed by atoms with Crippen LogP contribution in [-0.4, -0.2) is 67.5 Å². The van der Waals surface area contributed by atoms with E-state index in [-0.39, 0.29) is 29.3 Å². The Hall–Kier alpha value is -3.63. The highest BCUT2D eigenvalue weighted by Gasteiger charge is 2.34. The average molecular weight is 539 g/mol. The summed E-state index contributed by atoms with van der Waals surface area (Å²) in [6.45, 7) is 3.43. The zero-order valence-corrected chi connectivity index (χ0v) is 21.7. The van der Waals surface area contributed by atoms with Gasteiger partial charge in [-0.25, -0.2) is 17.2 Å². The lowest BCUT2D eigenvalue weighted by atomic mass is 9.89. The first-order valence-electron chi connectivity index (χ1n) is 12.4. The van der Waals surface area contributed by atoms with Crippen molar-refractivity contribution in [3.05, 3.63) is 89.9 Å². The Morgan fingerprint density at radius 1 is 1.05 bits per heavy atom. The van der Waals surface area contributed by atoms with Crippen LogP contribution < -0.4 is 4.72 Å². The number of amides is 1. The van der Waals surface area contributed by atoms with Crippen molar-refractivity contribution in [2.75, 3.05) is 37.4 Å². The third kappa shape index (κ3) is 5.32. The lowest BCUT2D eigenvalue weighted by Gasteiger charge is -2.37. The molecule has 7 nitrogen and oxygen atoms in total. The van der Waals surface area contributed by atoms with E-state index in [0.29, 0.717) is 48.3 Å². The Kier molecular flexibility index (Phi) is 7.02. The van der Waals surface area contributed by atoms with Crippen molar-refractivity contribution in [1.82, 2.24) is 14.8 Å². The topological polar surface area (TPSA) is 82.6 Å². The van der Waals surface area contributed by atoms with E-state index in [1.165, 1.54) is 25.1 Å². The van der Waals surface area contributed by atoms with Crippen molar-refractivity contribution in [3.8, 4) is 0 Å². The molecule has 0 bridgehead atoms. The van der Waals surface area contributed by atoms with Gasteiger partial charge in [-0.15, -0.1) is 0 Å². The Morgan fingerprint density at radius 2 is 1.76 bits per heavy atom. The average Bonchev–Trinajstić information content (AvgIpc) is 2.90. The predicted molar refractivity (Wildman–Crippen MR) is 143 cm³/mol. The summed E-state index contributed by atoms with van der Waals surface area (Å²) >= 11 is 0. The van der Waals surface area contributed by atoms with Gasteiger partial charge >= 0.3 is 0 Å². The van der Waals surface area contributed by atoms with Crippen LogP contribution in [0.25, 0.3) is 10.9 Å². The van der Waals surface area contributed by atoms with Crippen molar-refractivity contribution in [2.24, 2.45) is 0 Å². The van der Waals surface area contributed by atoms with E-state index in [4.69, 9.17) is 0 Å². The monoisotopic (exact) mass is 538 g/mol. The number of rotatable bonds is 6. The van der Waals surface area contributed by atoms with Crippen LogP contribution in [0.2, 0.25) is 0 Å². The van der Waals surface area contributed by atoms with Gasteiger partial charge in [0.25, 0.3) is 15.9 Å². The van der Waals surface area contributed by atoms with Gasteiger partial charge in [-0.1, -0.05) is 24.3 Å². The molecule has 198 valence electrons. The molecule has 1 N–H and O–H groups in total. The molecular weight excluding hydrogens is 510 g/mol. The normalized spacial score (nSPS) is 20.7. The molecule has 1 aliphatic carbocycles. The number of hydrogen-bond acceptors (Lipinski definition) is 5. The Morgan fingerprint density at radius 3 is 2.47 bits per heavy atom. The van der Waals surface area contributed by atoms with Gasteiger partial charge < -0.3 is 4.90 Å². The minimum absolute atomic E-state index is 0.0709. The maximum absolute atomic E-state index is 14.8. The first-order valence-corrected chi connectivity index (χ1v) is 13.9. The van der Waals surface area contributed by atoms with E-state index in [1.54, 1.807) is 59.6 Å². The molecule has 1 fully saturated rings. The van der Waals surface area contributed by atoms with Crippen LogP contribution in [0.4, 0.5) is 14.5 Å². The van der Waals surface area contributed by atoms with E-state index < -0.39 is 21.5 Å². The van der Waals surface area contributed by atoms with E-state index in [1.807, 2.05) is 4.90 Å². The third-order valence-corrected chi connectivity index (χ3v) is 8.41. The SMILES string of the molecule is CC1(F)CC=CC(F)=C1CN1CCN(C(=O)c2ccc(NS(=O)(=O)c3cccc4cccnc34)cc2)CC1. The molecule has 38 heavy (non-hydrogen) atoms. The van der Waals surface area contributed by atoms with Crippen molar-refractivity contribution in [2.45, 2.75) is 23.9 Å². The number of allylic oxidation sites excluding steroid dienone is 3. The number of carbonyl (C=O) groups is 1. The molecule has 5 rings (SSSR count). The summed E-state index contributed by atoms with van der Waals surface area (Å²) in [5, 5.41) is 0.715. The second-order valence-corrected chi connectivity index (χ2v) is 11.4. The van der Waals surface area contributed by atoms with Crippen LogP contribution in [0.3, 0.4) is 0 Å². The maximum Gasteiger partial charge on any atom is 0.264 e. The van der Waals surface area contributed by atoms with Crippen LogP contribution in [0.5, 0.6) is 0 Å². The van der Waals surface area contributed by atoms with Crippen LogP contribution in [0.15, 0.2) is 89.2 Å². The predicted octanol–water partition coefficient (Wildman–Crippen LogP) is 4.71. The molecule has 2 aromatic carbocycles. The molecule has 1 atom stereocenters. The van der Waals surface area contributed by atoms with Gasteiger partial charge in [0.2, 0.25) is 0 Å². The van der Waals surface area contributed by atoms with Gasteiger partial charge in [-0.3, -0.25) is 19.4 Å². The number of nitrogens with one attached hydrogen (secondary N) is 1. The minimum atomic E-state index is -3.90. The number of sulfonamides is 1. The van der Waals surface area contributed by atoms with Crippen LogP contribution in [0, 0.1) is 0 Å². The largest absolute Gasteiger partial charge is 0.336 e. The van der Waals surface area contributed by atoms with Gasteiger partial charge in [0.05, 0.1) is 5.52 Å². The first-order chi connectivity index (χ1) is 18.1. The smallest absolute Gasteiger partial charge is 0.264 e. The fraction of sp³-hybridized carbons (Fsp3) is 0.286. The Bertz CT molecular complexity index is 1520. The van der Waals surface area contributed by atoms with E-state index in [0.717, 1.165) is 0 Å². The number of aromatic nitrogens is 1. The van der Waals surface area contributed by atoms with Gasteiger partial charge in [0.1, 0.15) is 16.4 Å². The Labute approximate surface area is 220 Å². The summed E-state index contributed by atoms with van der Waals surface area (Å²) < 4.78 is 57.6. The Balaban J connectivity index is 1.21. The summed E-state index contributed by atoms with van der Waals surface area (Å²) in [5.41, 5.74) is -0.430. The number of para-hydroxylation sites is 1. The van der Waals surface area contributed by atoms with Crippen LogP contribution >= 0.6 is 0 Å². The third-order valence-electron chi connectivity index (χ3n) is 6.99. The molecule has 2 heterocycles. The van der Waals surface area contributed by atoms with Gasteiger partial charge in [0.15, 0.2) is 0 Å². The number of anilines is 1. The molecule has 0 spiro atoms. The zero-order valence-electron chi connectivity index (χ0n) is 20.9. The first kappa shape index (κ1) is 26.0. The zero-order chi connectivity index (χ0) is 26.9. The molecule has 0 saturated carbocycles. The molecule has 2 aliphatic rings. The maximum atomic E-state index is 14.8. The number of nitrogens with zero attached hydrogens (tertiary/aromatic N) is 3. The fourth-order valence-corrected chi connectivity index (χ4v) is 6.04. The lowest BCUT2D eigenvalue weighted by molar-refractivity contribution is 0.0636. The highest BCUT2D eigenvalue weighted by Crippen LogP contribution is 2.34. The summed E-state index contributed by atoms with van der Waals surface area (Å²) in [6, 6.07) is 14.8. The number of carbonyl (C=O) groups excluding carboxylic acids is 1. The summed E-state index contributed by atoms with van der Waals surface area (Å²) in [4.78, 5) is 21.0. The number of benzene rings is 2. The quantitative estimate of drug-likeness (QED) is 0.492. The van der Waals surface area contributed by atoms with E-state index >= 15 is 0 Å². The van der Waals surface area contributed by atoms with E-state index in [2.05, 4.69) is 9.71 Å². The second-order valence-electron chi connectivity index (χ2n) is 9.71. The minimum Gasteiger partial charge on any atom is -0.336 e. The number of halogens is 2. The molecule has 1 amide bonds.